The van der Waals surface area contributed by atoms with Crippen molar-refractivity contribution in [2.45, 2.75) is 50.7 Å². The molecule has 120 valence electrons. The third-order valence-electron chi connectivity index (χ3n) is 3.89. The highest BCUT2D eigenvalue weighted by atomic mass is 35.5. The van der Waals surface area contributed by atoms with Crippen LogP contribution in [0.25, 0.3) is 0 Å². The molecule has 2 N–H and O–H groups in total. The number of nitrogens with zero attached hydrogens (tertiary/aromatic N) is 1. The van der Waals surface area contributed by atoms with E-state index in [4.69, 9.17) is 9.84 Å². The van der Waals surface area contributed by atoms with Crippen molar-refractivity contribution in [1.29, 1.82) is 0 Å². The first-order chi connectivity index (χ1) is 9.13. The monoisotopic (exact) mass is 308 g/mol. The molecule has 1 fully saturated rings. The largest absolute Gasteiger partial charge is 0.396 e. The fourth-order valence-corrected chi connectivity index (χ4v) is 2.55. The van der Waals surface area contributed by atoms with Crippen LogP contribution in [-0.4, -0.2) is 55.5 Å². The predicted molar refractivity (Wildman–Crippen MR) is 82.0 cm³/mol. The highest BCUT2D eigenvalue weighted by molar-refractivity contribution is 5.85. The molecule has 20 heavy (non-hydrogen) atoms. The Balaban J connectivity index is 0.00000361. The van der Waals surface area contributed by atoms with Gasteiger partial charge in [0.1, 0.15) is 5.72 Å². The van der Waals surface area contributed by atoms with Crippen LogP contribution in [0.5, 0.6) is 0 Å². The summed E-state index contributed by atoms with van der Waals surface area (Å²) in [4.78, 5) is 13.5. The van der Waals surface area contributed by atoms with Gasteiger partial charge in [-0.15, -0.1) is 12.4 Å². The van der Waals surface area contributed by atoms with Gasteiger partial charge in [-0.1, -0.05) is 6.42 Å². The van der Waals surface area contributed by atoms with Crippen molar-refractivity contribution in [3.63, 3.8) is 0 Å². The van der Waals surface area contributed by atoms with E-state index >= 15 is 0 Å². The van der Waals surface area contributed by atoms with Crippen molar-refractivity contribution in [2.24, 2.45) is 0 Å². The zero-order valence-corrected chi connectivity index (χ0v) is 13.5. The van der Waals surface area contributed by atoms with Gasteiger partial charge in [0.05, 0.1) is 13.0 Å². The number of nitrogens with one attached hydrogen (secondary N) is 1. The van der Waals surface area contributed by atoms with Crippen LogP contribution >= 0.6 is 12.4 Å². The number of rotatable bonds is 8. The van der Waals surface area contributed by atoms with Gasteiger partial charge in [-0.3, -0.25) is 10.1 Å². The second-order valence-electron chi connectivity index (χ2n) is 5.30. The molecule has 1 aliphatic rings. The van der Waals surface area contributed by atoms with Crippen LogP contribution in [0.1, 0.15) is 44.9 Å². The molecule has 0 heterocycles. The second kappa shape index (κ2) is 10.4. The minimum absolute atomic E-state index is 0. The highest BCUT2D eigenvalue weighted by Gasteiger charge is 2.31. The maximum Gasteiger partial charge on any atom is 0.224 e. The smallest absolute Gasteiger partial charge is 0.224 e. The van der Waals surface area contributed by atoms with E-state index < -0.39 is 0 Å². The molecule has 1 aliphatic carbocycles. The van der Waals surface area contributed by atoms with E-state index in [0.29, 0.717) is 26.0 Å². The van der Waals surface area contributed by atoms with Crippen molar-refractivity contribution < 1.29 is 14.6 Å². The molecule has 1 amide bonds. The lowest BCUT2D eigenvalue weighted by Gasteiger charge is -2.37. The molecule has 0 saturated heterocycles. The lowest BCUT2D eigenvalue weighted by molar-refractivity contribution is -0.135. The molecule has 0 aliphatic heterocycles. The molecular weight excluding hydrogens is 280 g/mol. The summed E-state index contributed by atoms with van der Waals surface area (Å²) >= 11 is 0. The Kier molecular flexibility index (Phi) is 10.2. The molecule has 6 heteroatoms. The number of carbonyl (C=O) groups excluding carboxylic acids is 1. The van der Waals surface area contributed by atoms with Crippen LogP contribution in [0.3, 0.4) is 0 Å². The zero-order valence-electron chi connectivity index (χ0n) is 12.7. The number of aliphatic hydroxyl groups is 1. The molecule has 0 aromatic heterocycles. The topological polar surface area (TPSA) is 61.8 Å². The van der Waals surface area contributed by atoms with Crippen molar-refractivity contribution in [2.75, 3.05) is 33.9 Å². The van der Waals surface area contributed by atoms with Gasteiger partial charge >= 0.3 is 0 Å². The number of carbonyl (C=O) groups is 1. The molecule has 5 nitrogen and oxygen atoms in total. The van der Waals surface area contributed by atoms with Crippen LogP contribution in [-0.2, 0) is 9.53 Å². The van der Waals surface area contributed by atoms with Crippen molar-refractivity contribution in [3.05, 3.63) is 0 Å². The summed E-state index contributed by atoms with van der Waals surface area (Å²) in [6.45, 7) is 1.19. The lowest BCUT2D eigenvalue weighted by atomic mass is 9.91. The molecule has 0 unspecified atom stereocenters. The van der Waals surface area contributed by atoms with Crippen molar-refractivity contribution in [1.82, 2.24) is 10.2 Å². The van der Waals surface area contributed by atoms with E-state index in [1.807, 2.05) is 7.05 Å². The van der Waals surface area contributed by atoms with E-state index in [1.54, 1.807) is 11.9 Å². The first-order valence-corrected chi connectivity index (χ1v) is 7.31. The fraction of sp³-hybridized carbons (Fsp3) is 0.929. The Morgan fingerprint density at radius 1 is 1.35 bits per heavy atom. The summed E-state index contributed by atoms with van der Waals surface area (Å²) < 4.78 is 5.94. The van der Waals surface area contributed by atoms with Crippen molar-refractivity contribution >= 4 is 18.3 Å². The Morgan fingerprint density at radius 2 is 2.00 bits per heavy atom. The summed E-state index contributed by atoms with van der Waals surface area (Å²) in [5, 5.41) is 12.0. The number of amides is 1. The lowest BCUT2D eigenvalue weighted by Crippen LogP contribution is -2.47. The molecule has 0 aromatic rings. The van der Waals surface area contributed by atoms with Gasteiger partial charge in [0, 0.05) is 20.2 Å². The first-order valence-electron chi connectivity index (χ1n) is 7.31. The van der Waals surface area contributed by atoms with Crippen LogP contribution in [0, 0.1) is 0 Å². The summed E-state index contributed by atoms with van der Waals surface area (Å²) in [7, 11) is 3.70. The molecule has 0 aromatic carbocycles. The van der Waals surface area contributed by atoms with Crippen molar-refractivity contribution in [3.8, 4) is 0 Å². The number of hydrogen-bond donors (Lipinski definition) is 2. The molecule has 0 spiro atoms. The Morgan fingerprint density at radius 3 is 2.55 bits per heavy atom. The van der Waals surface area contributed by atoms with E-state index in [2.05, 4.69) is 5.32 Å². The fourth-order valence-electron chi connectivity index (χ4n) is 2.55. The van der Waals surface area contributed by atoms with E-state index in [0.717, 1.165) is 12.8 Å². The third kappa shape index (κ3) is 6.39. The number of halogens is 1. The summed E-state index contributed by atoms with van der Waals surface area (Å²) in [5.74, 6) is 0.0792. The van der Waals surface area contributed by atoms with Crippen LogP contribution < -0.4 is 5.32 Å². The normalized spacial score (nSPS) is 17.4. The van der Waals surface area contributed by atoms with Gasteiger partial charge in [-0.25, -0.2) is 0 Å². The maximum absolute atomic E-state index is 11.8. The molecule has 0 radical (unpaired) electrons. The summed E-state index contributed by atoms with van der Waals surface area (Å²) in [5.41, 5.74) is -0.220. The van der Waals surface area contributed by atoms with Gasteiger partial charge in [-0.05, 0) is 39.2 Å². The van der Waals surface area contributed by atoms with Crippen LogP contribution in [0.15, 0.2) is 0 Å². The van der Waals surface area contributed by atoms with Gasteiger partial charge < -0.3 is 14.7 Å². The van der Waals surface area contributed by atoms with E-state index in [1.165, 1.54) is 19.3 Å². The number of ether oxygens (including phenoxy) is 1. The minimum atomic E-state index is -0.220. The van der Waals surface area contributed by atoms with Gasteiger partial charge in [0.2, 0.25) is 5.91 Å². The predicted octanol–water partition coefficient (Wildman–Crippen LogP) is 1.54. The van der Waals surface area contributed by atoms with E-state index in [-0.39, 0.29) is 30.6 Å². The third-order valence-corrected chi connectivity index (χ3v) is 3.89. The average molecular weight is 309 g/mol. The molecule has 1 rings (SSSR count). The van der Waals surface area contributed by atoms with Gasteiger partial charge in [0.25, 0.3) is 0 Å². The first kappa shape index (κ1) is 19.6. The number of hydrogen-bond acceptors (Lipinski definition) is 4. The minimum Gasteiger partial charge on any atom is -0.396 e. The number of aliphatic hydroxyl groups excluding tert-OH is 1. The molecule has 0 atom stereocenters. The average Bonchev–Trinajstić information content (AvgIpc) is 2.45. The Hall–Kier alpha value is -0.360. The Bertz CT molecular complexity index is 271. The quantitative estimate of drug-likeness (QED) is 0.668. The summed E-state index contributed by atoms with van der Waals surface area (Å²) in [6.07, 6.45) is 6.73. The highest BCUT2D eigenvalue weighted by Crippen LogP contribution is 2.28. The SMILES string of the molecule is CNC1(OCCC(=O)N(C)CCCO)CCCCC1.Cl. The second-order valence-corrected chi connectivity index (χ2v) is 5.30. The maximum atomic E-state index is 11.8. The standard InChI is InChI=1S/C14H28N2O3.ClH/c1-15-14(8-4-3-5-9-14)19-12-7-13(18)16(2)10-6-11-17;/h15,17H,3-12H2,1-2H3;1H. The van der Waals surface area contributed by atoms with Crippen LogP contribution in [0.4, 0.5) is 0 Å². The Labute approximate surface area is 128 Å². The molecule has 1 saturated carbocycles. The molecular formula is C14H29ClN2O3. The van der Waals surface area contributed by atoms with Gasteiger partial charge in [0.15, 0.2) is 0 Å². The molecule has 0 bridgehead atoms. The van der Waals surface area contributed by atoms with E-state index in [9.17, 15) is 4.79 Å². The summed E-state index contributed by atoms with van der Waals surface area (Å²) in [6, 6.07) is 0. The zero-order chi connectivity index (χ0) is 14.1. The van der Waals surface area contributed by atoms with Crippen LogP contribution in [0.2, 0.25) is 0 Å². The van der Waals surface area contributed by atoms with Gasteiger partial charge in [-0.2, -0.15) is 0 Å².